The van der Waals surface area contributed by atoms with Crippen LogP contribution in [0.5, 0.6) is 0 Å². The predicted octanol–water partition coefficient (Wildman–Crippen LogP) is 1.56. The molecule has 10 amide bonds. The van der Waals surface area contributed by atoms with Gasteiger partial charge in [-0.15, -0.1) is 6.42 Å². The number of ketones is 5. The third-order valence-electron chi connectivity index (χ3n) is 11.5. The molecular formula is C53H90N10O15W2-2. The predicted molar refractivity (Wildman–Crippen MR) is 290 cm³/mol. The monoisotopic (exact) mass is 1470 g/mol. The van der Waals surface area contributed by atoms with Crippen molar-refractivity contribution in [1.29, 1.82) is 0 Å². The standard InChI is InChI=1S/C29H51N5O7.C14H23N3O5.C10H17N2O3.2W/c1-30-25(37)15-8-5-4-7-14-24(36)21-34(22-28(40)33-20-12-6-9-16-26(38)31-2)29(41)19-18-23(35)13-10-11-17-27(39)32-3;1-3-10(18)8-17(9-13(21)16-2)14(22)7-5-11(19)4-6-12(15)20;1-4-8(13)6-12(10(15)5-2)7-9(14)11-3;;/h4-22H2,1-3H3,(H,30,37)(H,31,38)(H,32,39)(H,33,40);3-9H2,1-2H3,(H3,15,16,20,21);2,4-7H2,1,3H3,(H,11,14);;/q;;-1;;/p-1. The van der Waals surface area contributed by atoms with Gasteiger partial charge in [-0.2, -0.15) is 0 Å². The van der Waals surface area contributed by atoms with Gasteiger partial charge in [-0.05, 0) is 44.9 Å². The molecule has 0 atom stereocenters. The maximum atomic E-state index is 12.9. The number of rotatable bonds is 42. The summed E-state index contributed by atoms with van der Waals surface area (Å²) >= 11 is 0. The zero-order chi connectivity index (χ0) is 59.8. The smallest absolute Gasteiger partial charge is 0.239 e. The van der Waals surface area contributed by atoms with Gasteiger partial charge in [0.1, 0.15) is 11.6 Å². The first kappa shape index (κ1) is 83.2. The van der Waals surface area contributed by atoms with E-state index in [1.165, 1.54) is 23.9 Å². The molecule has 0 aliphatic heterocycles. The van der Waals surface area contributed by atoms with Crippen LogP contribution < -0.4 is 31.9 Å². The Morgan fingerprint density at radius 2 is 0.650 bits per heavy atom. The summed E-state index contributed by atoms with van der Waals surface area (Å²) in [5.41, 5.74) is 6.70. The van der Waals surface area contributed by atoms with E-state index in [1.807, 2.05) is 0 Å². The van der Waals surface area contributed by atoms with Crippen LogP contribution in [0.1, 0.15) is 162 Å². The van der Waals surface area contributed by atoms with Gasteiger partial charge in [-0.25, -0.2) is 0 Å². The first-order valence-electron chi connectivity index (χ1n) is 26.7. The maximum absolute atomic E-state index is 12.9. The van der Waals surface area contributed by atoms with Crippen LogP contribution in [0.25, 0.3) is 5.73 Å². The molecule has 27 heteroatoms. The number of carbonyl (C=O) groups is 15. The van der Waals surface area contributed by atoms with Crippen molar-refractivity contribution in [3.05, 3.63) is 12.7 Å². The summed E-state index contributed by atoms with van der Waals surface area (Å²) in [6, 6.07) is 0. The average molecular weight is 1480 g/mol. The molecule has 0 aliphatic carbocycles. The Kier molecular flexibility index (Phi) is 56.2. The van der Waals surface area contributed by atoms with Crippen LogP contribution in [0, 0.1) is 6.92 Å². The van der Waals surface area contributed by atoms with E-state index in [1.54, 1.807) is 35.0 Å². The van der Waals surface area contributed by atoms with E-state index in [0.29, 0.717) is 64.3 Å². The Bertz CT molecular complexity index is 1880. The molecule has 0 aliphatic rings. The summed E-state index contributed by atoms with van der Waals surface area (Å²) in [6.07, 6.45) is 8.17. The van der Waals surface area contributed by atoms with Gasteiger partial charge < -0.3 is 64.1 Å². The van der Waals surface area contributed by atoms with Crippen molar-refractivity contribution in [3.8, 4) is 0 Å². The van der Waals surface area contributed by atoms with Crippen molar-refractivity contribution in [3.63, 3.8) is 0 Å². The molecule has 0 aromatic carbocycles. The van der Waals surface area contributed by atoms with Crippen LogP contribution in [0.3, 0.4) is 0 Å². The van der Waals surface area contributed by atoms with Crippen LogP contribution in [-0.2, 0) is 114 Å². The molecule has 0 aromatic rings. The summed E-state index contributed by atoms with van der Waals surface area (Å²) in [6.45, 7) is 6.24. The fourth-order valence-corrected chi connectivity index (χ4v) is 6.60. The third-order valence-corrected chi connectivity index (χ3v) is 11.5. The minimum Gasteiger partial charge on any atom is -0.668 e. The number of amides is 10. The Hall–Kier alpha value is -5.57. The number of unbranched alkanes of at least 4 members (excludes halogenated alkanes) is 6. The number of hydrogen-bond acceptors (Lipinski definition) is 15. The second-order valence-corrected chi connectivity index (χ2v) is 18.0. The normalized spacial score (nSPS) is 9.85. The van der Waals surface area contributed by atoms with Crippen molar-refractivity contribution < 1.29 is 114 Å². The van der Waals surface area contributed by atoms with E-state index in [4.69, 9.17) is 5.73 Å². The van der Waals surface area contributed by atoms with Crippen molar-refractivity contribution >= 4 is 88.0 Å². The van der Waals surface area contributed by atoms with Gasteiger partial charge in [-0.3, -0.25) is 67.1 Å². The second-order valence-electron chi connectivity index (χ2n) is 18.0. The van der Waals surface area contributed by atoms with Gasteiger partial charge in [0, 0.05) is 167 Å². The van der Waals surface area contributed by atoms with Crippen molar-refractivity contribution in [2.24, 2.45) is 0 Å². The van der Waals surface area contributed by atoms with Crippen LogP contribution in [-0.4, -0.2) is 184 Å². The third kappa shape index (κ3) is 49.5. The molecule has 0 fully saturated rings. The van der Waals surface area contributed by atoms with Gasteiger partial charge in [0.05, 0.1) is 39.3 Å². The summed E-state index contributed by atoms with van der Waals surface area (Å²) in [4.78, 5) is 178. The largest absolute Gasteiger partial charge is 0.668 e. The van der Waals surface area contributed by atoms with E-state index < -0.39 is 23.6 Å². The summed E-state index contributed by atoms with van der Waals surface area (Å²) in [5, 5.41) is 15.2. The summed E-state index contributed by atoms with van der Waals surface area (Å²) in [7, 11) is 7.64. The molecule has 0 radical (unpaired) electrons. The van der Waals surface area contributed by atoms with E-state index in [-0.39, 0.29) is 210 Å². The molecule has 80 heavy (non-hydrogen) atoms. The Morgan fingerprint density at radius 1 is 0.338 bits per heavy atom. The summed E-state index contributed by atoms with van der Waals surface area (Å²) < 4.78 is 0. The van der Waals surface area contributed by atoms with Crippen LogP contribution in [0.4, 0.5) is 0 Å². The molecule has 0 bridgehead atoms. The Balaban J connectivity index is -0.000000401. The van der Waals surface area contributed by atoms with E-state index in [9.17, 15) is 71.9 Å². The number of likely N-dealkylation sites (N-methyl/N-ethyl adjacent to an activating group) is 2. The van der Waals surface area contributed by atoms with E-state index in [0.717, 1.165) is 30.6 Å². The van der Waals surface area contributed by atoms with Gasteiger partial charge >= 0.3 is 0 Å². The van der Waals surface area contributed by atoms with Crippen molar-refractivity contribution in [1.82, 2.24) is 46.6 Å². The SMILES string of the molecule is CCC(=O)CN(CC(=O)NC)C(=O)CCC(=O)CCC([NH-])=O.CNC(=O)CCCCCCC(=O)CN(CC(=O)NCCCCCC(=O)NC)C(=O)CCC(=O)CCCCC(=O)NC.[CH2-]CC(=O)N(CC(=O)CC)CC(=O)NC.[W].[W]. The van der Waals surface area contributed by atoms with Gasteiger partial charge in [0.15, 0.2) is 23.3 Å². The number of Topliss-reactive ketones (excluding diaryl/α,β-unsaturated/α-hetero) is 5. The van der Waals surface area contributed by atoms with E-state index in [2.05, 4.69) is 38.8 Å². The molecule has 0 spiro atoms. The zero-order valence-corrected chi connectivity index (χ0v) is 54.1. The molecule has 0 unspecified atom stereocenters. The molecule has 7 N–H and O–H groups in total. The van der Waals surface area contributed by atoms with Gasteiger partial charge in [0.25, 0.3) is 0 Å². The minimum atomic E-state index is -0.825. The van der Waals surface area contributed by atoms with Crippen molar-refractivity contribution in [2.75, 3.05) is 81.1 Å². The van der Waals surface area contributed by atoms with Crippen LogP contribution in [0.2, 0.25) is 0 Å². The topological polar surface area (TPSA) is 362 Å². The van der Waals surface area contributed by atoms with Gasteiger partial charge in [-0.1, -0.05) is 33.1 Å². The molecule has 0 saturated heterocycles. The summed E-state index contributed by atoms with van der Waals surface area (Å²) in [5.74, 6) is -4.00. The Labute approximate surface area is 501 Å². The molecular weight excluding hydrogens is 1380 g/mol. The first-order chi connectivity index (χ1) is 37.0. The van der Waals surface area contributed by atoms with Crippen molar-refractivity contribution in [2.45, 2.75) is 162 Å². The minimum absolute atomic E-state index is 0. The average Bonchev–Trinajstić information content (AvgIpc) is 3.42. The Morgan fingerprint density at radius 3 is 1.04 bits per heavy atom. The first-order valence-corrected chi connectivity index (χ1v) is 26.7. The fraction of sp³-hybridized carbons (Fsp3) is 0.698. The fourth-order valence-electron chi connectivity index (χ4n) is 6.60. The quantitative estimate of drug-likeness (QED) is 0.0373. The van der Waals surface area contributed by atoms with Gasteiger partial charge in [0.2, 0.25) is 47.3 Å². The number of carbonyl (C=O) groups excluding carboxylic acids is 15. The van der Waals surface area contributed by atoms with Crippen LogP contribution >= 0.6 is 0 Å². The molecule has 0 aromatic heterocycles. The molecule has 25 nitrogen and oxygen atoms in total. The molecule has 0 saturated carbocycles. The number of nitrogens with one attached hydrogen (secondary N) is 7. The maximum Gasteiger partial charge on any atom is 0.239 e. The van der Waals surface area contributed by atoms with E-state index >= 15 is 0 Å². The van der Waals surface area contributed by atoms with Crippen LogP contribution in [0.15, 0.2) is 0 Å². The number of hydrogen-bond donors (Lipinski definition) is 6. The zero-order valence-electron chi connectivity index (χ0n) is 48.2. The molecule has 0 heterocycles. The second kappa shape index (κ2) is 54.0. The number of nitrogens with zero attached hydrogens (tertiary/aromatic N) is 3. The molecule has 0 rings (SSSR count). The molecule has 456 valence electrons.